The van der Waals surface area contributed by atoms with Gasteiger partial charge in [0, 0.05) is 24.5 Å². The van der Waals surface area contributed by atoms with Crippen molar-refractivity contribution in [3.05, 3.63) is 29.6 Å². The fourth-order valence-corrected chi connectivity index (χ4v) is 2.80. The van der Waals surface area contributed by atoms with Crippen LogP contribution in [0.3, 0.4) is 0 Å². The molecule has 0 amide bonds. The smallest absolute Gasteiger partial charge is 0.165 e. The molecule has 0 N–H and O–H groups in total. The molecule has 0 unspecified atom stereocenters. The summed E-state index contributed by atoms with van der Waals surface area (Å²) < 4.78 is 18.6. The minimum absolute atomic E-state index is 0.289. The van der Waals surface area contributed by atoms with Crippen molar-refractivity contribution in [2.75, 3.05) is 19.0 Å². The monoisotopic (exact) mass is 331 g/mol. The molecule has 0 bridgehead atoms. The zero-order chi connectivity index (χ0) is 14.3. The van der Waals surface area contributed by atoms with E-state index < -0.39 is 0 Å². The van der Waals surface area contributed by atoms with E-state index >= 15 is 0 Å². The summed E-state index contributed by atoms with van der Waals surface area (Å²) in [4.78, 5) is 2.40. The topological polar surface area (TPSA) is 12.5 Å². The predicted octanol–water partition coefficient (Wildman–Crippen LogP) is 4.22. The molecule has 1 aromatic carbocycles. The molecule has 4 heteroatoms. The van der Waals surface area contributed by atoms with Crippen LogP contribution < -0.4 is 4.74 Å². The van der Waals surface area contributed by atoms with Gasteiger partial charge in [0.05, 0.1) is 7.11 Å². The van der Waals surface area contributed by atoms with Crippen LogP contribution in [-0.2, 0) is 6.54 Å². The zero-order valence-corrected chi connectivity index (χ0v) is 13.5. The van der Waals surface area contributed by atoms with E-state index in [0.717, 1.165) is 36.8 Å². The molecule has 0 aliphatic carbocycles. The van der Waals surface area contributed by atoms with Crippen molar-refractivity contribution in [3.63, 3.8) is 0 Å². The molecule has 0 saturated carbocycles. The number of rotatable bonds is 8. The number of benzene rings is 1. The highest BCUT2D eigenvalue weighted by Gasteiger charge is 2.15. The third-order valence-corrected chi connectivity index (χ3v) is 3.79. The second-order valence-electron chi connectivity index (χ2n) is 4.60. The summed E-state index contributed by atoms with van der Waals surface area (Å²) in [5.74, 6) is 0.0154. The summed E-state index contributed by atoms with van der Waals surface area (Å²) in [6.45, 7) is 6.15. The van der Waals surface area contributed by atoms with Crippen molar-refractivity contribution in [1.29, 1.82) is 0 Å². The van der Waals surface area contributed by atoms with Crippen LogP contribution in [0.2, 0.25) is 0 Å². The number of methoxy groups -OCH3 is 1. The number of alkyl halides is 1. The van der Waals surface area contributed by atoms with Crippen molar-refractivity contribution in [2.45, 2.75) is 39.3 Å². The number of hydrogen-bond donors (Lipinski definition) is 0. The highest BCUT2D eigenvalue weighted by Crippen LogP contribution is 2.20. The summed E-state index contributed by atoms with van der Waals surface area (Å²) in [7, 11) is 1.49. The Morgan fingerprint density at radius 2 is 2.00 bits per heavy atom. The third-order valence-electron chi connectivity index (χ3n) is 3.43. The summed E-state index contributed by atoms with van der Waals surface area (Å²) >= 11 is 3.49. The lowest BCUT2D eigenvalue weighted by molar-refractivity contribution is 0.189. The van der Waals surface area contributed by atoms with Crippen LogP contribution in [-0.4, -0.2) is 29.9 Å². The van der Waals surface area contributed by atoms with Gasteiger partial charge in [-0.1, -0.05) is 35.8 Å². The Bertz CT molecular complexity index is 382. The van der Waals surface area contributed by atoms with Gasteiger partial charge in [-0.2, -0.15) is 0 Å². The SMILES string of the molecule is CCC(CC)N(CCBr)Cc1ccc(OC)c(F)c1. The first-order chi connectivity index (χ1) is 9.15. The number of nitrogens with zero attached hydrogens (tertiary/aromatic N) is 1. The molecule has 19 heavy (non-hydrogen) atoms. The van der Waals surface area contributed by atoms with Crippen LogP contribution in [0.25, 0.3) is 0 Å². The highest BCUT2D eigenvalue weighted by molar-refractivity contribution is 9.09. The van der Waals surface area contributed by atoms with Gasteiger partial charge in [0.1, 0.15) is 0 Å². The number of ether oxygens (including phenoxy) is 1. The second kappa shape index (κ2) is 8.54. The maximum atomic E-state index is 13.7. The van der Waals surface area contributed by atoms with Crippen LogP contribution in [0.4, 0.5) is 4.39 Å². The molecule has 0 saturated heterocycles. The largest absolute Gasteiger partial charge is 0.494 e. The Kier molecular flexibility index (Phi) is 7.39. The first-order valence-electron chi connectivity index (χ1n) is 6.78. The minimum atomic E-state index is -0.289. The molecular weight excluding hydrogens is 309 g/mol. The van der Waals surface area contributed by atoms with Gasteiger partial charge in [0.15, 0.2) is 11.6 Å². The van der Waals surface area contributed by atoms with Gasteiger partial charge < -0.3 is 4.74 Å². The molecular formula is C15H23BrFNO. The van der Waals surface area contributed by atoms with Gasteiger partial charge in [-0.25, -0.2) is 4.39 Å². The molecule has 0 fully saturated rings. The van der Waals surface area contributed by atoms with Gasteiger partial charge in [0.25, 0.3) is 0 Å². The maximum Gasteiger partial charge on any atom is 0.165 e. The fourth-order valence-electron chi connectivity index (χ4n) is 2.35. The normalized spacial score (nSPS) is 11.3. The van der Waals surface area contributed by atoms with E-state index in [1.54, 1.807) is 12.1 Å². The average Bonchev–Trinajstić information content (AvgIpc) is 2.40. The summed E-state index contributed by atoms with van der Waals surface area (Å²) in [6.07, 6.45) is 2.23. The molecule has 0 aliphatic rings. The Morgan fingerprint density at radius 3 is 2.47 bits per heavy atom. The molecule has 1 rings (SSSR count). The summed E-state index contributed by atoms with van der Waals surface area (Å²) in [5, 5.41) is 0.933. The molecule has 0 aliphatic heterocycles. The Hall–Kier alpha value is -0.610. The molecule has 0 aromatic heterocycles. The van der Waals surface area contributed by atoms with Crippen LogP contribution in [0.5, 0.6) is 5.75 Å². The van der Waals surface area contributed by atoms with E-state index in [0.29, 0.717) is 11.8 Å². The molecule has 108 valence electrons. The molecule has 0 atom stereocenters. The van der Waals surface area contributed by atoms with Gasteiger partial charge in [0.2, 0.25) is 0 Å². The van der Waals surface area contributed by atoms with Crippen LogP contribution >= 0.6 is 15.9 Å². The lowest BCUT2D eigenvalue weighted by atomic mass is 10.1. The first-order valence-corrected chi connectivity index (χ1v) is 7.90. The second-order valence-corrected chi connectivity index (χ2v) is 5.39. The lowest BCUT2D eigenvalue weighted by Gasteiger charge is -2.30. The van der Waals surface area contributed by atoms with Crippen LogP contribution in [0.1, 0.15) is 32.3 Å². The van der Waals surface area contributed by atoms with Gasteiger partial charge in [-0.05, 0) is 30.5 Å². The van der Waals surface area contributed by atoms with Crippen molar-refractivity contribution in [2.24, 2.45) is 0 Å². The van der Waals surface area contributed by atoms with E-state index in [1.165, 1.54) is 7.11 Å². The van der Waals surface area contributed by atoms with E-state index in [2.05, 4.69) is 34.7 Å². The van der Waals surface area contributed by atoms with Crippen molar-refractivity contribution >= 4 is 15.9 Å². The Morgan fingerprint density at radius 1 is 1.32 bits per heavy atom. The molecule has 0 radical (unpaired) electrons. The van der Waals surface area contributed by atoms with Gasteiger partial charge in [-0.15, -0.1) is 0 Å². The van der Waals surface area contributed by atoms with E-state index in [1.807, 2.05) is 6.07 Å². The maximum absolute atomic E-state index is 13.7. The molecule has 2 nitrogen and oxygen atoms in total. The van der Waals surface area contributed by atoms with Crippen molar-refractivity contribution in [1.82, 2.24) is 4.90 Å². The quantitative estimate of drug-likeness (QED) is 0.661. The lowest BCUT2D eigenvalue weighted by Crippen LogP contribution is -2.35. The van der Waals surface area contributed by atoms with E-state index in [-0.39, 0.29) is 5.82 Å². The van der Waals surface area contributed by atoms with Gasteiger partial charge in [-0.3, -0.25) is 4.90 Å². The molecule has 0 spiro atoms. The predicted molar refractivity (Wildman–Crippen MR) is 81.5 cm³/mol. The third kappa shape index (κ3) is 4.77. The number of hydrogen-bond acceptors (Lipinski definition) is 2. The highest BCUT2D eigenvalue weighted by atomic mass is 79.9. The molecule has 1 aromatic rings. The fraction of sp³-hybridized carbons (Fsp3) is 0.600. The summed E-state index contributed by atoms with van der Waals surface area (Å²) in [5.41, 5.74) is 0.992. The average molecular weight is 332 g/mol. The standard InChI is InChI=1S/C15H23BrFNO/c1-4-13(5-2)18(9-8-16)11-12-6-7-15(19-3)14(17)10-12/h6-7,10,13H,4-5,8-9,11H2,1-3H3. The van der Waals surface area contributed by atoms with Crippen LogP contribution in [0.15, 0.2) is 18.2 Å². The summed E-state index contributed by atoms with van der Waals surface area (Å²) in [6, 6.07) is 5.75. The van der Waals surface area contributed by atoms with E-state index in [9.17, 15) is 4.39 Å². The van der Waals surface area contributed by atoms with Crippen LogP contribution in [0, 0.1) is 5.82 Å². The number of halogens is 2. The van der Waals surface area contributed by atoms with Crippen molar-refractivity contribution < 1.29 is 9.13 Å². The Labute approximate surface area is 124 Å². The minimum Gasteiger partial charge on any atom is -0.494 e. The first kappa shape index (κ1) is 16.4. The van der Waals surface area contributed by atoms with Gasteiger partial charge >= 0.3 is 0 Å². The van der Waals surface area contributed by atoms with E-state index in [4.69, 9.17) is 4.74 Å². The van der Waals surface area contributed by atoms with Crippen molar-refractivity contribution in [3.8, 4) is 5.75 Å². The zero-order valence-electron chi connectivity index (χ0n) is 12.0. The Balaban J connectivity index is 2.81. The molecule has 0 heterocycles.